The first kappa shape index (κ1) is 10.6. The number of nitriles is 1. The summed E-state index contributed by atoms with van der Waals surface area (Å²) in [5.74, 6) is 0.723. The van der Waals surface area contributed by atoms with E-state index in [9.17, 15) is 0 Å². The van der Waals surface area contributed by atoms with Gasteiger partial charge in [0, 0.05) is 6.54 Å². The molecular formula is C11H14N2O. The number of nitrogens with zero attached hydrogens (tertiary/aromatic N) is 1. The predicted molar refractivity (Wildman–Crippen MR) is 55.3 cm³/mol. The van der Waals surface area contributed by atoms with Gasteiger partial charge in [-0.2, -0.15) is 5.26 Å². The normalized spacial score (nSPS) is 11.8. The highest BCUT2D eigenvalue weighted by molar-refractivity contribution is 5.32. The Labute approximate surface area is 84.3 Å². The van der Waals surface area contributed by atoms with E-state index in [-0.39, 0.29) is 5.92 Å². The van der Waals surface area contributed by atoms with Gasteiger partial charge in [-0.15, -0.1) is 0 Å². The molecule has 0 aliphatic rings. The SMILES string of the molecule is CNCC(C#N)c1ccc(OC)cc1. The lowest BCUT2D eigenvalue weighted by atomic mass is 10.0. The van der Waals surface area contributed by atoms with Crippen LogP contribution in [0.3, 0.4) is 0 Å². The van der Waals surface area contributed by atoms with Crippen LogP contribution in [0.25, 0.3) is 0 Å². The number of nitrogens with one attached hydrogen (secondary N) is 1. The molecule has 0 aliphatic heterocycles. The summed E-state index contributed by atoms with van der Waals surface area (Å²) in [5.41, 5.74) is 1.02. The van der Waals surface area contributed by atoms with Gasteiger partial charge in [0.1, 0.15) is 5.75 Å². The molecule has 14 heavy (non-hydrogen) atoms. The van der Waals surface area contributed by atoms with E-state index in [0.29, 0.717) is 6.54 Å². The zero-order valence-corrected chi connectivity index (χ0v) is 8.45. The van der Waals surface area contributed by atoms with Gasteiger partial charge in [0.25, 0.3) is 0 Å². The van der Waals surface area contributed by atoms with E-state index in [1.165, 1.54) is 0 Å². The lowest BCUT2D eigenvalue weighted by Gasteiger charge is -2.08. The van der Waals surface area contributed by atoms with Crippen molar-refractivity contribution in [2.75, 3.05) is 20.7 Å². The molecule has 0 aromatic heterocycles. The predicted octanol–water partition coefficient (Wildman–Crippen LogP) is 1.52. The molecule has 1 unspecified atom stereocenters. The molecule has 0 amide bonds. The van der Waals surface area contributed by atoms with Gasteiger partial charge >= 0.3 is 0 Å². The third-order valence-corrected chi connectivity index (χ3v) is 2.08. The Morgan fingerprint density at radius 3 is 2.50 bits per heavy atom. The Balaban J connectivity index is 2.79. The van der Waals surface area contributed by atoms with E-state index >= 15 is 0 Å². The van der Waals surface area contributed by atoms with E-state index in [1.807, 2.05) is 31.3 Å². The van der Waals surface area contributed by atoms with Crippen LogP contribution in [-0.2, 0) is 0 Å². The second kappa shape index (κ2) is 5.25. The van der Waals surface area contributed by atoms with E-state index in [0.717, 1.165) is 11.3 Å². The minimum atomic E-state index is -0.0918. The molecule has 3 nitrogen and oxygen atoms in total. The zero-order chi connectivity index (χ0) is 10.4. The molecule has 0 aliphatic carbocycles. The van der Waals surface area contributed by atoms with Crippen molar-refractivity contribution in [1.82, 2.24) is 5.32 Å². The average molecular weight is 190 g/mol. The lowest BCUT2D eigenvalue weighted by molar-refractivity contribution is 0.414. The second-order valence-electron chi connectivity index (χ2n) is 3.01. The Morgan fingerprint density at radius 2 is 2.07 bits per heavy atom. The van der Waals surface area contributed by atoms with Crippen molar-refractivity contribution in [3.63, 3.8) is 0 Å². The van der Waals surface area contributed by atoms with E-state index in [4.69, 9.17) is 10.00 Å². The van der Waals surface area contributed by atoms with Gasteiger partial charge in [-0.3, -0.25) is 0 Å². The Hall–Kier alpha value is -1.53. The van der Waals surface area contributed by atoms with Crippen molar-refractivity contribution in [3.05, 3.63) is 29.8 Å². The Bertz CT molecular complexity index is 313. The molecule has 1 atom stereocenters. The van der Waals surface area contributed by atoms with Crippen LogP contribution < -0.4 is 10.1 Å². The highest BCUT2D eigenvalue weighted by atomic mass is 16.5. The van der Waals surface area contributed by atoms with E-state index < -0.39 is 0 Å². The highest BCUT2D eigenvalue weighted by Gasteiger charge is 2.08. The van der Waals surface area contributed by atoms with E-state index in [2.05, 4.69) is 11.4 Å². The number of ether oxygens (including phenoxy) is 1. The van der Waals surface area contributed by atoms with Gasteiger partial charge in [0.15, 0.2) is 0 Å². The van der Waals surface area contributed by atoms with Crippen LogP contribution in [0.1, 0.15) is 11.5 Å². The van der Waals surface area contributed by atoms with Gasteiger partial charge in [0.2, 0.25) is 0 Å². The molecule has 1 aromatic carbocycles. The summed E-state index contributed by atoms with van der Waals surface area (Å²) in [4.78, 5) is 0. The Kier molecular flexibility index (Phi) is 3.96. The Morgan fingerprint density at radius 1 is 1.43 bits per heavy atom. The maximum atomic E-state index is 8.92. The molecule has 0 saturated carbocycles. The molecule has 0 spiro atoms. The van der Waals surface area contributed by atoms with Crippen LogP contribution in [-0.4, -0.2) is 20.7 Å². The summed E-state index contributed by atoms with van der Waals surface area (Å²) >= 11 is 0. The van der Waals surface area contributed by atoms with Crippen LogP contribution in [0.2, 0.25) is 0 Å². The first-order valence-electron chi connectivity index (χ1n) is 4.50. The molecule has 3 heteroatoms. The molecule has 0 radical (unpaired) electrons. The van der Waals surface area contributed by atoms with Crippen molar-refractivity contribution in [1.29, 1.82) is 5.26 Å². The van der Waals surface area contributed by atoms with Gasteiger partial charge < -0.3 is 10.1 Å². The highest BCUT2D eigenvalue weighted by Crippen LogP contribution is 2.18. The van der Waals surface area contributed by atoms with Crippen molar-refractivity contribution in [2.45, 2.75) is 5.92 Å². The van der Waals surface area contributed by atoms with Gasteiger partial charge in [0.05, 0.1) is 19.1 Å². The van der Waals surface area contributed by atoms with Crippen LogP contribution in [0, 0.1) is 11.3 Å². The molecule has 1 aromatic rings. The quantitative estimate of drug-likeness (QED) is 0.783. The summed E-state index contributed by atoms with van der Waals surface area (Å²) in [7, 11) is 3.47. The van der Waals surface area contributed by atoms with Crippen molar-refractivity contribution < 1.29 is 4.74 Å². The summed E-state index contributed by atoms with van der Waals surface area (Å²) in [5, 5.41) is 11.9. The third kappa shape index (κ3) is 2.48. The maximum Gasteiger partial charge on any atom is 0.118 e. The van der Waals surface area contributed by atoms with Crippen LogP contribution in [0.5, 0.6) is 5.75 Å². The summed E-state index contributed by atoms with van der Waals surface area (Å²) in [6.07, 6.45) is 0. The minimum absolute atomic E-state index is 0.0918. The van der Waals surface area contributed by atoms with Crippen LogP contribution in [0.4, 0.5) is 0 Å². The van der Waals surface area contributed by atoms with Crippen LogP contribution in [0.15, 0.2) is 24.3 Å². The molecule has 74 valence electrons. The summed E-state index contributed by atoms with van der Waals surface area (Å²) in [6.45, 7) is 0.669. The largest absolute Gasteiger partial charge is 0.497 e. The lowest BCUT2D eigenvalue weighted by Crippen LogP contribution is -2.15. The van der Waals surface area contributed by atoms with Gasteiger partial charge in [-0.25, -0.2) is 0 Å². The molecule has 0 fully saturated rings. The molecule has 0 bridgehead atoms. The number of hydrogen-bond acceptors (Lipinski definition) is 3. The number of rotatable bonds is 4. The van der Waals surface area contributed by atoms with Crippen molar-refractivity contribution >= 4 is 0 Å². The third-order valence-electron chi connectivity index (χ3n) is 2.08. The molecule has 1 N–H and O–H groups in total. The molecular weight excluding hydrogens is 176 g/mol. The fraction of sp³-hybridized carbons (Fsp3) is 0.364. The summed E-state index contributed by atoms with van der Waals surface area (Å²) < 4.78 is 5.04. The smallest absolute Gasteiger partial charge is 0.118 e. The monoisotopic (exact) mass is 190 g/mol. The van der Waals surface area contributed by atoms with Gasteiger partial charge in [-0.1, -0.05) is 12.1 Å². The van der Waals surface area contributed by atoms with E-state index in [1.54, 1.807) is 7.11 Å². The number of benzene rings is 1. The van der Waals surface area contributed by atoms with Crippen molar-refractivity contribution in [2.24, 2.45) is 0 Å². The summed E-state index contributed by atoms with van der Waals surface area (Å²) in [6, 6.07) is 9.84. The molecule has 1 rings (SSSR count). The standard InChI is InChI=1S/C11H14N2O/c1-13-8-10(7-12)9-3-5-11(14-2)6-4-9/h3-6,10,13H,8H2,1-2H3. The first-order valence-corrected chi connectivity index (χ1v) is 4.50. The molecule has 0 saturated heterocycles. The number of methoxy groups -OCH3 is 1. The topological polar surface area (TPSA) is 45.0 Å². The fourth-order valence-corrected chi connectivity index (χ4v) is 1.28. The average Bonchev–Trinajstić information content (AvgIpc) is 2.26. The second-order valence-corrected chi connectivity index (χ2v) is 3.01. The number of hydrogen-bond donors (Lipinski definition) is 1. The van der Waals surface area contributed by atoms with Crippen molar-refractivity contribution in [3.8, 4) is 11.8 Å². The molecule has 0 heterocycles. The zero-order valence-electron chi connectivity index (χ0n) is 8.45. The minimum Gasteiger partial charge on any atom is -0.497 e. The van der Waals surface area contributed by atoms with Gasteiger partial charge in [-0.05, 0) is 24.7 Å². The maximum absolute atomic E-state index is 8.92. The first-order chi connectivity index (χ1) is 6.81. The van der Waals surface area contributed by atoms with Crippen LogP contribution >= 0.6 is 0 Å². The number of likely N-dealkylation sites (N-methyl/N-ethyl adjacent to an activating group) is 1. The fourth-order valence-electron chi connectivity index (χ4n) is 1.28.